The zero-order chi connectivity index (χ0) is 14.7. The Hall–Kier alpha value is -1.85. The van der Waals surface area contributed by atoms with Crippen LogP contribution in [0.4, 0.5) is 0 Å². The molecule has 0 bridgehead atoms. The van der Waals surface area contributed by atoms with Gasteiger partial charge in [-0.05, 0) is 43.0 Å². The fraction of sp³-hybridized carbons (Fsp3) is 0.400. The molecule has 0 aliphatic carbocycles. The molecular weight excluding hydrogens is 258 g/mol. The van der Waals surface area contributed by atoms with Gasteiger partial charge in [0.15, 0.2) is 0 Å². The van der Waals surface area contributed by atoms with Crippen molar-refractivity contribution in [2.75, 3.05) is 13.2 Å². The summed E-state index contributed by atoms with van der Waals surface area (Å²) in [5.74, 6) is -0.968. The number of aliphatic hydroxyl groups excluding tert-OH is 2. The monoisotopic (exact) mass is 277 g/mol. The van der Waals surface area contributed by atoms with Gasteiger partial charge in [-0.1, -0.05) is 0 Å². The van der Waals surface area contributed by atoms with Crippen molar-refractivity contribution in [3.63, 3.8) is 0 Å². The van der Waals surface area contributed by atoms with Crippen LogP contribution in [-0.2, 0) is 13.0 Å². The number of nitrogens with zero attached hydrogens (tertiary/aromatic N) is 1. The average molecular weight is 277 g/mol. The van der Waals surface area contributed by atoms with Gasteiger partial charge in [0.05, 0.1) is 17.7 Å². The number of benzene rings is 1. The summed E-state index contributed by atoms with van der Waals surface area (Å²) >= 11 is 0. The maximum absolute atomic E-state index is 11.4. The first-order chi connectivity index (χ1) is 9.58. The van der Waals surface area contributed by atoms with E-state index in [0.29, 0.717) is 24.9 Å². The first-order valence-electron chi connectivity index (χ1n) is 6.66. The number of rotatable bonds is 6. The average Bonchev–Trinajstić information content (AvgIpc) is 2.74. The summed E-state index contributed by atoms with van der Waals surface area (Å²) in [6, 6.07) is 3.61. The van der Waals surface area contributed by atoms with Gasteiger partial charge in [-0.3, -0.25) is 0 Å². The molecule has 0 unspecified atom stereocenters. The van der Waals surface area contributed by atoms with Crippen molar-refractivity contribution in [1.29, 1.82) is 0 Å². The Kier molecular flexibility index (Phi) is 4.42. The van der Waals surface area contributed by atoms with Gasteiger partial charge >= 0.3 is 5.97 Å². The molecule has 5 heteroatoms. The van der Waals surface area contributed by atoms with Crippen LogP contribution in [0.3, 0.4) is 0 Å². The molecule has 0 atom stereocenters. The molecule has 108 valence electrons. The Labute approximate surface area is 117 Å². The standard InChI is InChI=1S/C15H19NO4/c1-10-7-12-11(3-2-5-17)9-16(4-6-18)14(12)13(8-10)15(19)20/h7-9,17-18H,2-6H2,1H3,(H,19,20). The van der Waals surface area contributed by atoms with Crippen molar-refractivity contribution in [2.24, 2.45) is 0 Å². The van der Waals surface area contributed by atoms with E-state index >= 15 is 0 Å². The number of aromatic nitrogens is 1. The Bertz CT molecular complexity index is 630. The van der Waals surface area contributed by atoms with E-state index in [4.69, 9.17) is 10.2 Å². The second-order valence-corrected chi connectivity index (χ2v) is 4.91. The van der Waals surface area contributed by atoms with E-state index in [-0.39, 0.29) is 18.8 Å². The molecule has 3 N–H and O–H groups in total. The Balaban J connectivity index is 2.68. The molecule has 5 nitrogen and oxygen atoms in total. The number of aromatic carboxylic acids is 1. The third kappa shape index (κ3) is 2.69. The summed E-state index contributed by atoms with van der Waals surface area (Å²) in [6.07, 6.45) is 3.20. The minimum Gasteiger partial charge on any atom is -0.478 e. The molecule has 0 saturated carbocycles. The molecular formula is C15H19NO4. The maximum Gasteiger partial charge on any atom is 0.337 e. The predicted octanol–water partition coefficient (Wildman–Crippen LogP) is 1.57. The number of carbonyl (C=O) groups is 1. The summed E-state index contributed by atoms with van der Waals surface area (Å²) < 4.78 is 1.78. The third-order valence-electron chi connectivity index (χ3n) is 3.37. The van der Waals surface area contributed by atoms with Crippen LogP contribution < -0.4 is 0 Å². The molecule has 0 aliphatic rings. The fourth-order valence-electron chi connectivity index (χ4n) is 2.57. The van der Waals surface area contributed by atoms with Crippen LogP contribution in [0.5, 0.6) is 0 Å². The highest BCUT2D eigenvalue weighted by Crippen LogP contribution is 2.27. The van der Waals surface area contributed by atoms with Gasteiger partial charge in [-0.25, -0.2) is 4.79 Å². The number of hydrogen-bond donors (Lipinski definition) is 3. The van der Waals surface area contributed by atoms with Crippen LogP contribution in [0.2, 0.25) is 0 Å². The van der Waals surface area contributed by atoms with Crippen molar-refractivity contribution < 1.29 is 20.1 Å². The molecule has 1 heterocycles. The zero-order valence-corrected chi connectivity index (χ0v) is 11.5. The zero-order valence-electron chi connectivity index (χ0n) is 11.5. The summed E-state index contributed by atoms with van der Waals surface area (Å²) in [7, 11) is 0. The molecule has 0 fully saturated rings. The molecule has 1 aromatic carbocycles. The lowest BCUT2D eigenvalue weighted by molar-refractivity contribution is 0.0698. The van der Waals surface area contributed by atoms with Crippen LogP contribution in [0.25, 0.3) is 10.9 Å². The molecule has 0 spiro atoms. The van der Waals surface area contributed by atoms with E-state index in [2.05, 4.69) is 0 Å². The highest BCUT2D eigenvalue weighted by molar-refractivity contribution is 6.03. The lowest BCUT2D eigenvalue weighted by atomic mass is 10.0. The Morgan fingerprint density at radius 2 is 2.00 bits per heavy atom. The van der Waals surface area contributed by atoms with E-state index < -0.39 is 5.97 Å². The van der Waals surface area contributed by atoms with Crippen molar-refractivity contribution in [1.82, 2.24) is 4.57 Å². The lowest BCUT2D eigenvalue weighted by Gasteiger charge is -2.07. The SMILES string of the molecule is Cc1cc(C(=O)O)c2c(c1)c(CCCO)cn2CCO. The number of carboxylic acid groups (broad SMARTS) is 1. The second-order valence-electron chi connectivity index (χ2n) is 4.91. The Morgan fingerprint density at radius 1 is 1.25 bits per heavy atom. The van der Waals surface area contributed by atoms with Gasteiger partial charge in [-0.2, -0.15) is 0 Å². The van der Waals surface area contributed by atoms with Crippen molar-refractivity contribution >= 4 is 16.9 Å². The summed E-state index contributed by atoms with van der Waals surface area (Å²) in [6.45, 7) is 2.28. The van der Waals surface area contributed by atoms with E-state index in [1.165, 1.54) is 0 Å². The maximum atomic E-state index is 11.4. The van der Waals surface area contributed by atoms with Crippen LogP contribution in [0.15, 0.2) is 18.3 Å². The van der Waals surface area contributed by atoms with Crippen molar-refractivity contribution in [2.45, 2.75) is 26.3 Å². The lowest BCUT2D eigenvalue weighted by Crippen LogP contribution is -2.05. The Morgan fingerprint density at radius 3 is 2.60 bits per heavy atom. The molecule has 1 aromatic heterocycles. The van der Waals surface area contributed by atoms with Gasteiger partial charge < -0.3 is 19.9 Å². The smallest absolute Gasteiger partial charge is 0.337 e. The van der Waals surface area contributed by atoms with Gasteiger partial charge in [0.1, 0.15) is 0 Å². The topological polar surface area (TPSA) is 82.7 Å². The molecule has 2 aromatic rings. The van der Waals surface area contributed by atoms with E-state index in [1.807, 2.05) is 19.2 Å². The summed E-state index contributed by atoms with van der Waals surface area (Å²) in [4.78, 5) is 11.4. The fourth-order valence-corrected chi connectivity index (χ4v) is 2.57. The normalized spacial score (nSPS) is 11.2. The van der Waals surface area contributed by atoms with Crippen LogP contribution in [0, 0.1) is 6.92 Å². The number of hydrogen-bond acceptors (Lipinski definition) is 3. The number of carboxylic acids is 1. The van der Waals surface area contributed by atoms with E-state index in [1.54, 1.807) is 10.6 Å². The molecule has 20 heavy (non-hydrogen) atoms. The largest absolute Gasteiger partial charge is 0.478 e. The molecule has 2 rings (SSSR count). The highest BCUT2D eigenvalue weighted by Gasteiger charge is 2.16. The third-order valence-corrected chi connectivity index (χ3v) is 3.37. The molecule has 0 aliphatic heterocycles. The van der Waals surface area contributed by atoms with Gasteiger partial charge in [0.2, 0.25) is 0 Å². The van der Waals surface area contributed by atoms with Gasteiger partial charge in [-0.15, -0.1) is 0 Å². The number of aliphatic hydroxyl groups is 2. The van der Waals surface area contributed by atoms with Crippen molar-refractivity contribution in [3.05, 3.63) is 35.0 Å². The van der Waals surface area contributed by atoms with Gasteiger partial charge in [0, 0.05) is 24.7 Å². The molecule has 0 amide bonds. The van der Waals surface area contributed by atoms with Crippen molar-refractivity contribution in [3.8, 4) is 0 Å². The van der Waals surface area contributed by atoms with Crippen LogP contribution >= 0.6 is 0 Å². The van der Waals surface area contributed by atoms with Gasteiger partial charge in [0.25, 0.3) is 0 Å². The molecule has 0 saturated heterocycles. The quantitative estimate of drug-likeness (QED) is 0.748. The number of fused-ring (bicyclic) bond motifs is 1. The van der Waals surface area contributed by atoms with E-state index in [9.17, 15) is 9.90 Å². The van der Waals surface area contributed by atoms with Crippen LogP contribution in [-0.4, -0.2) is 39.1 Å². The first-order valence-corrected chi connectivity index (χ1v) is 6.66. The summed E-state index contributed by atoms with van der Waals surface area (Å²) in [5.41, 5.74) is 2.80. The second kappa shape index (κ2) is 6.07. The summed E-state index contributed by atoms with van der Waals surface area (Å²) in [5, 5.41) is 28.4. The van der Waals surface area contributed by atoms with E-state index in [0.717, 1.165) is 16.5 Å². The minimum atomic E-state index is -0.968. The highest BCUT2D eigenvalue weighted by atomic mass is 16.4. The number of aryl methyl sites for hydroxylation is 2. The minimum absolute atomic E-state index is 0.0455. The molecule has 0 radical (unpaired) electrons. The van der Waals surface area contributed by atoms with Crippen LogP contribution in [0.1, 0.15) is 27.9 Å². The predicted molar refractivity (Wildman–Crippen MR) is 76.1 cm³/mol. The first kappa shape index (κ1) is 14.6.